The monoisotopic (exact) mass is 589 g/mol. The normalized spacial score (nSPS) is 11.3. The zero-order valence-electron chi connectivity index (χ0n) is 20.6. The Kier molecular flexibility index (Phi) is 8.54. The van der Waals surface area contributed by atoms with Gasteiger partial charge in [-0.25, -0.2) is 4.98 Å². The summed E-state index contributed by atoms with van der Waals surface area (Å²) < 4.78 is 42.6. The molecule has 2 aromatic heterocycles. The number of aromatic nitrogens is 3. The van der Waals surface area contributed by atoms with E-state index in [-0.39, 0.29) is 27.7 Å². The highest BCUT2D eigenvalue weighted by molar-refractivity contribution is 8.00. The summed E-state index contributed by atoms with van der Waals surface area (Å²) in [7, 11) is 0. The molecule has 0 radical (unpaired) electrons. The number of hydrogen-bond donors (Lipinski definition) is 1. The van der Waals surface area contributed by atoms with Gasteiger partial charge in [-0.15, -0.1) is 0 Å². The summed E-state index contributed by atoms with van der Waals surface area (Å²) in [5.41, 5.74) is 1.99. The number of aryl methyl sites for hydroxylation is 2. The van der Waals surface area contributed by atoms with E-state index in [2.05, 4.69) is 15.4 Å². The molecule has 0 bridgehead atoms. The van der Waals surface area contributed by atoms with Crippen LogP contribution in [0.25, 0.3) is 11.1 Å². The average Bonchev–Trinajstić information content (AvgIpc) is 3.31. The van der Waals surface area contributed by atoms with Gasteiger partial charge in [-0.3, -0.25) is 9.48 Å². The van der Waals surface area contributed by atoms with E-state index < -0.39 is 17.8 Å². The van der Waals surface area contributed by atoms with E-state index in [1.165, 1.54) is 0 Å². The highest BCUT2D eigenvalue weighted by Crippen LogP contribution is 2.37. The largest absolute Gasteiger partial charge is 0.433 e. The number of nitrogens with one attached hydrogen (secondary N) is 1. The van der Waals surface area contributed by atoms with Gasteiger partial charge in [0, 0.05) is 27.9 Å². The fourth-order valence-electron chi connectivity index (χ4n) is 3.67. The summed E-state index contributed by atoms with van der Waals surface area (Å²) in [6.07, 6.45) is -3.09. The van der Waals surface area contributed by atoms with Crippen molar-refractivity contribution in [3.8, 4) is 17.2 Å². The van der Waals surface area contributed by atoms with Gasteiger partial charge in [-0.05, 0) is 54.3 Å². The van der Waals surface area contributed by atoms with Gasteiger partial charge in [-0.2, -0.15) is 23.5 Å². The molecule has 0 atom stereocenters. The molecule has 0 saturated carbocycles. The summed E-state index contributed by atoms with van der Waals surface area (Å²) in [5.74, 6) is -0.560. The molecule has 0 aliphatic carbocycles. The van der Waals surface area contributed by atoms with Crippen LogP contribution in [0, 0.1) is 25.2 Å². The topological polar surface area (TPSA) is 83.6 Å². The van der Waals surface area contributed by atoms with Gasteiger partial charge in [-0.1, -0.05) is 59.2 Å². The van der Waals surface area contributed by atoms with Crippen molar-refractivity contribution in [1.82, 2.24) is 14.8 Å². The lowest BCUT2D eigenvalue weighted by molar-refractivity contribution is -0.141. The first-order valence-electron chi connectivity index (χ1n) is 11.4. The van der Waals surface area contributed by atoms with Gasteiger partial charge >= 0.3 is 6.18 Å². The summed E-state index contributed by atoms with van der Waals surface area (Å²) in [4.78, 5) is 16.3. The van der Waals surface area contributed by atoms with E-state index in [0.717, 1.165) is 34.5 Å². The third-order valence-electron chi connectivity index (χ3n) is 5.80. The van der Waals surface area contributed by atoms with Crippen molar-refractivity contribution in [2.75, 3.05) is 11.1 Å². The SMILES string of the molecule is Cc1ccc(-c2cc(C(F)(F)F)nc(SCC(=O)Nc3ccn(Cc4ccc(Cl)cc4Cl)n3)c2C#N)cc1C. The zero-order chi connectivity index (χ0) is 28.3. The maximum Gasteiger partial charge on any atom is 0.433 e. The van der Waals surface area contributed by atoms with Crippen molar-refractivity contribution in [3.05, 3.63) is 92.7 Å². The number of anilines is 1. The minimum Gasteiger partial charge on any atom is -0.308 e. The van der Waals surface area contributed by atoms with E-state index in [0.29, 0.717) is 22.2 Å². The molecule has 1 amide bonds. The summed E-state index contributed by atoms with van der Waals surface area (Å²) in [6.45, 7) is 4.05. The number of alkyl halides is 3. The number of hydrogen-bond acceptors (Lipinski definition) is 5. The molecule has 1 N–H and O–H groups in total. The Morgan fingerprint density at radius 3 is 2.54 bits per heavy atom. The first kappa shape index (κ1) is 28.5. The fraction of sp³-hybridized carbons (Fsp3) is 0.185. The Balaban J connectivity index is 1.52. The molecule has 0 unspecified atom stereocenters. The predicted octanol–water partition coefficient (Wildman–Crippen LogP) is 7.54. The number of amides is 1. The maximum atomic E-state index is 13.7. The quantitative estimate of drug-likeness (QED) is 0.225. The van der Waals surface area contributed by atoms with Crippen LogP contribution >= 0.6 is 35.0 Å². The van der Waals surface area contributed by atoms with Gasteiger partial charge < -0.3 is 5.32 Å². The van der Waals surface area contributed by atoms with Crippen LogP contribution < -0.4 is 5.32 Å². The molecule has 4 aromatic rings. The van der Waals surface area contributed by atoms with Gasteiger partial charge in [0.2, 0.25) is 5.91 Å². The molecule has 0 aliphatic rings. The van der Waals surface area contributed by atoms with Crippen LogP contribution in [0.4, 0.5) is 19.0 Å². The van der Waals surface area contributed by atoms with Crippen LogP contribution in [0.2, 0.25) is 10.0 Å². The van der Waals surface area contributed by atoms with Crippen LogP contribution in [0.1, 0.15) is 27.9 Å². The number of rotatable bonds is 7. The molecule has 6 nitrogen and oxygen atoms in total. The Labute approximate surface area is 236 Å². The van der Waals surface area contributed by atoms with Crippen LogP contribution in [0.15, 0.2) is 59.8 Å². The number of pyridine rings is 1. The maximum absolute atomic E-state index is 13.7. The molecule has 0 saturated heterocycles. The Morgan fingerprint density at radius 2 is 1.87 bits per heavy atom. The summed E-state index contributed by atoms with van der Waals surface area (Å²) >= 11 is 12.9. The van der Waals surface area contributed by atoms with Crippen molar-refractivity contribution >= 4 is 46.7 Å². The number of nitrogens with zero attached hydrogens (tertiary/aromatic N) is 4. The molecule has 39 heavy (non-hydrogen) atoms. The average molecular weight is 590 g/mol. The van der Waals surface area contributed by atoms with Crippen LogP contribution in [0.5, 0.6) is 0 Å². The van der Waals surface area contributed by atoms with E-state index >= 15 is 0 Å². The lowest BCUT2D eigenvalue weighted by Gasteiger charge is -2.14. The second kappa shape index (κ2) is 11.7. The number of carbonyl (C=O) groups excluding carboxylic acids is 1. The van der Waals surface area contributed by atoms with E-state index in [9.17, 15) is 23.2 Å². The minimum absolute atomic E-state index is 0.0341. The Hall–Kier alpha value is -3.52. The van der Waals surface area contributed by atoms with Crippen LogP contribution in [-0.4, -0.2) is 26.4 Å². The predicted molar refractivity (Wildman–Crippen MR) is 146 cm³/mol. The van der Waals surface area contributed by atoms with E-state index in [1.54, 1.807) is 53.3 Å². The third-order valence-corrected chi connectivity index (χ3v) is 7.36. The number of nitriles is 1. The molecular formula is C27H20Cl2F3N5OS. The molecular weight excluding hydrogens is 570 g/mol. The van der Waals surface area contributed by atoms with E-state index in [1.807, 2.05) is 19.9 Å². The third kappa shape index (κ3) is 6.92. The standard InChI is InChI=1S/C27H20Cl2F3N5OS/c1-15-3-4-17(9-16(15)2)20-11-23(27(30,31)32)34-26(21(20)12-33)39-14-25(38)35-24-7-8-37(36-24)13-18-5-6-19(28)10-22(18)29/h3-11H,13-14H2,1-2H3,(H,35,36,38). The lowest BCUT2D eigenvalue weighted by Crippen LogP contribution is -2.16. The number of benzene rings is 2. The first-order valence-corrected chi connectivity index (χ1v) is 13.2. The Morgan fingerprint density at radius 1 is 1.10 bits per heavy atom. The van der Waals surface area contributed by atoms with E-state index in [4.69, 9.17) is 23.2 Å². The molecule has 0 aliphatic heterocycles. The minimum atomic E-state index is -4.74. The van der Waals surface area contributed by atoms with Gasteiger partial charge in [0.25, 0.3) is 0 Å². The summed E-state index contributed by atoms with van der Waals surface area (Å²) in [6, 6.07) is 14.7. The Bertz CT molecular complexity index is 1600. The highest BCUT2D eigenvalue weighted by Gasteiger charge is 2.34. The summed E-state index contributed by atoms with van der Waals surface area (Å²) in [5, 5.41) is 17.5. The van der Waals surface area contributed by atoms with Gasteiger partial charge in [0.1, 0.15) is 16.8 Å². The molecule has 0 fully saturated rings. The number of halogens is 5. The van der Waals surface area contributed by atoms with Crippen molar-refractivity contribution in [1.29, 1.82) is 5.26 Å². The zero-order valence-corrected chi connectivity index (χ0v) is 22.9. The van der Waals surface area contributed by atoms with Gasteiger partial charge in [0.05, 0.1) is 17.9 Å². The molecule has 2 heterocycles. The molecule has 200 valence electrons. The molecule has 2 aromatic carbocycles. The molecule has 12 heteroatoms. The lowest BCUT2D eigenvalue weighted by atomic mass is 9.97. The number of thioether (sulfide) groups is 1. The fourth-order valence-corrected chi connectivity index (χ4v) is 4.94. The van der Waals surface area contributed by atoms with Crippen LogP contribution in [-0.2, 0) is 17.5 Å². The van der Waals surface area contributed by atoms with Crippen molar-refractivity contribution in [2.24, 2.45) is 0 Å². The second-order valence-corrected chi connectivity index (χ2v) is 10.4. The molecule has 0 spiro atoms. The first-order chi connectivity index (χ1) is 18.4. The smallest absolute Gasteiger partial charge is 0.308 e. The van der Waals surface area contributed by atoms with Crippen LogP contribution in [0.3, 0.4) is 0 Å². The van der Waals surface area contributed by atoms with Crippen molar-refractivity contribution in [3.63, 3.8) is 0 Å². The number of carbonyl (C=O) groups is 1. The van der Waals surface area contributed by atoms with Gasteiger partial charge in [0.15, 0.2) is 5.82 Å². The second-order valence-electron chi connectivity index (χ2n) is 8.61. The highest BCUT2D eigenvalue weighted by atomic mass is 35.5. The van der Waals surface area contributed by atoms with Crippen molar-refractivity contribution in [2.45, 2.75) is 31.6 Å². The molecule has 4 rings (SSSR count). The van der Waals surface area contributed by atoms with Crippen molar-refractivity contribution < 1.29 is 18.0 Å².